The molecule has 0 radical (unpaired) electrons. The number of nitrogens with zero attached hydrogens (tertiary/aromatic N) is 5. The van der Waals surface area contributed by atoms with E-state index in [0.29, 0.717) is 60.4 Å². The maximum Gasteiger partial charge on any atom is 0.282 e. The number of ether oxygens (including phenoxy) is 3. The van der Waals surface area contributed by atoms with Gasteiger partial charge in [-0.15, -0.1) is 0 Å². The summed E-state index contributed by atoms with van der Waals surface area (Å²) in [7, 11) is 0.213. The molecule has 0 amide bonds. The van der Waals surface area contributed by atoms with Crippen LogP contribution >= 0.6 is 0 Å². The lowest BCUT2D eigenvalue weighted by molar-refractivity contribution is 0.0908. The fraction of sp³-hybridized carbons (Fsp3) is 0.423. The van der Waals surface area contributed by atoms with Gasteiger partial charge in [-0.1, -0.05) is 19.6 Å². The number of methoxy groups -OCH3 is 1. The molecule has 1 aliphatic heterocycles. The Bertz CT molecular complexity index is 1410. The Morgan fingerprint density at radius 3 is 2.65 bits per heavy atom. The van der Waals surface area contributed by atoms with Crippen molar-refractivity contribution in [3.8, 4) is 34.1 Å². The quantitative estimate of drug-likeness (QED) is 0.196. The molecule has 0 aromatic carbocycles. The zero-order chi connectivity index (χ0) is 26.2. The standard InChI is InChI=1S/C26H31F2N5O3Si/c1-34-25-18(9-6-11-30-25)19-17-8-5-10-29-24(17)32(16-35-14-15-37(2,3)4)22(19)20-21(23(27)28)31-33-12-7-13-36-26(20)33/h5-6,8-11,23H,7,12-16H2,1-4H3. The van der Waals surface area contributed by atoms with Gasteiger partial charge in [0.05, 0.1) is 25.0 Å². The zero-order valence-electron chi connectivity index (χ0n) is 21.5. The molecule has 11 heteroatoms. The summed E-state index contributed by atoms with van der Waals surface area (Å²) in [5.74, 6) is 0.712. The summed E-state index contributed by atoms with van der Waals surface area (Å²) in [4.78, 5) is 9.02. The Labute approximate surface area is 215 Å². The Morgan fingerprint density at radius 1 is 1.11 bits per heavy atom. The summed E-state index contributed by atoms with van der Waals surface area (Å²) in [6.07, 6.45) is 1.22. The fourth-order valence-electron chi connectivity index (χ4n) is 4.63. The molecule has 37 heavy (non-hydrogen) atoms. The van der Waals surface area contributed by atoms with E-state index in [1.807, 2.05) is 22.8 Å². The molecule has 0 spiro atoms. The first-order valence-electron chi connectivity index (χ1n) is 12.4. The van der Waals surface area contributed by atoms with Crippen LogP contribution in [0.4, 0.5) is 8.78 Å². The lowest BCUT2D eigenvalue weighted by Crippen LogP contribution is -2.22. The van der Waals surface area contributed by atoms with Gasteiger partial charge in [0.25, 0.3) is 6.43 Å². The van der Waals surface area contributed by atoms with Crippen LogP contribution in [-0.2, 0) is 18.0 Å². The number of aryl methyl sites for hydroxylation is 1. The Kier molecular flexibility index (Phi) is 7.00. The number of pyridine rings is 2. The molecule has 0 atom stereocenters. The predicted octanol–water partition coefficient (Wildman–Crippen LogP) is 6.00. The Morgan fingerprint density at radius 2 is 1.89 bits per heavy atom. The highest BCUT2D eigenvalue weighted by atomic mass is 28.3. The number of aromatic nitrogens is 5. The zero-order valence-corrected chi connectivity index (χ0v) is 22.5. The van der Waals surface area contributed by atoms with Gasteiger partial charge >= 0.3 is 0 Å². The smallest absolute Gasteiger partial charge is 0.282 e. The second-order valence-corrected chi connectivity index (χ2v) is 15.8. The average molecular weight is 528 g/mol. The van der Waals surface area contributed by atoms with E-state index < -0.39 is 14.5 Å². The maximum absolute atomic E-state index is 14.5. The molecular weight excluding hydrogens is 496 g/mol. The lowest BCUT2D eigenvalue weighted by Gasteiger charge is -2.19. The minimum Gasteiger partial charge on any atom is -0.481 e. The minimum absolute atomic E-state index is 0.142. The third-order valence-corrected chi connectivity index (χ3v) is 8.10. The van der Waals surface area contributed by atoms with Crippen LogP contribution in [0, 0.1) is 0 Å². The topological polar surface area (TPSA) is 76.2 Å². The third-order valence-electron chi connectivity index (χ3n) is 6.40. The van der Waals surface area contributed by atoms with Crippen molar-refractivity contribution in [3.05, 3.63) is 42.4 Å². The summed E-state index contributed by atoms with van der Waals surface area (Å²) < 4.78 is 50.0. The van der Waals surface area contributed by atoms with E-state index >= 15 is 0 Å². The van der Waals surface area contributed by atoms with E-state index in [2.05, 4.69) is 34.7 Å². The van der Waals surface area contributed by atoms with Gasteiger partial charge in [0.1, 0.15) is 18.1 Å². The van der Waals surface area contributed by atoms with Crippen molar-refractivity contribution in [2.75, 3.05) is 20.3 Å². The van der Waals surface area contributed by atoms with Gasteiger partial charge in [-0.25, -0.2) is 23.4 Å². The van der Waals surface area contributed by atoms with Crippen molar-refractivity contribution in [1.29, 1.82) is 0 Å². The molecule has 4 aromatic heterocycles. The molecule has 0 fully saturated rings. The van der Waals surface area contributed by atoms with E-state index in [1.54, 1.807) is 18.5 Å². The van der Waals surface area contributed by atoms with Gasteiger partial charge in [-0.2, -0.15) is 5.10 Å². The molecule has 0 N–H and O–H groups in total. The molecular formula is C26H31F2N5O3Si. The first kappa shape index (κ1) is 25.3. The fourth-order valence-corrected chi connectivity index (χ4v) is 5.39. The van der Waals surface area contributed by atoms with Crippen LogP contribution in [0.1, 0.15) is 18.5 Å². The highest BCUT2D eigenvalue weighted by Crippen LogP contribution is 2.48. The third kappa shape index (κ3) is 4.85. The number of rotatable bonds is 9. The molecule has 0 saturated carbocycles. The second kappa shape index (κ2) is 10.2. The first-order valence-corrected chi connectivity index (χ1v) is 16.1. The van der Waals surface area contributed by atoms with E-state index in [-0.39, 0.29) is 18.0 Å². The van der Waals surface area contributed by atoms with E-state index in [4.69, 9.17) is 14.2 Å². The summed E-state index contributed by atoms with van der Waals surface area (Å²) in [5.41, 5.74) is 2.38. The van der Waals surface area contributed by atoms with E-state index in [1.165, 1.54) is 11.8 Å². The first-order chi connectivity index (χ1) is 17.8. The van der Waals surface area contributed by atoms with Crippen molar-refractivity contribution in [2.45, 2.75) is 51.8 Å². The largest absolute Gasteiger partial charge is 0.481 e. The number of fused-ring (bicyclic) bond motifs is 2. The lowest BCUT2D eigenvalue weighted by atomic mass is 9.99. The van der Waals surface area contributed by atoms with Gasteiger partial charge in [0, 0.05) is 56.6 Å². The van der Waals surface area contributed by atoms with Crippen LogP contribution in [0.2, 0.25) is 25.7 Å². The van der Waals surface area contributed by atoms with Crippen LogP contribution in [0.5, 0.6) is 11.8 Å². The maximum atomic E-state index is 14.5. The molecule has 196 valence electrons. The van der Waals surface area contributed by atoms with Crippen LogP contribution < -0.4 is 9.47 Å². The number of hydrogen-bond donors (Lipinski definition) is 0. The molecule has 0 aliphatic carbocycles. The van der Waals surface area contributed by atoms with Crippen molar-refractivity contribution in [2.24, 2.45) is 0 Å². The number of hydrogen-bond acceptors (Lipinski definition) is 6. The van der Waals surface area contributed by atoms with Gasteiger partial charge in [0.15, 0.2) is 0 Å². The molecule has 5 heterocycles. The van der Waals surface area contributed by atoms with Crippen molar-refractivity contribution < 1.29 is 23.0 Å². The van der Waals surface area contributed by atoms with Gasteiger partial charge in [0.2, 0.25) is 11.8 Å². The monoisotopic (exact) mass is 527 g/mol. The minimum atomic E-state index is -2.80. The molecule has 8 nitrogen and oxygen atoms in total. The highest BCUT2D eigenvalue weighted by molar-refractivity contribution is 6.76. The molecule has 0 unspecified atom stereocenters. The molecule has 0 saturated heterocycles. The summed E-state index contributed by atoms with van der Waals surface area (Å²) >= 11 is 0. The van der Waals surface area contributed by atoms with Crippen molar-refractivity contribution >= 4 is 19.1 Å². The van der Waals surface area contributed by atoms with Crippen LogP contribution in [0.3, 0.4) is 0 Å². The highest BCUT2D eigenvalue weighted by Gasteiger charge is 2.34. The number of alkyl halides is 2. The van der Waals surface area contributed by atoms with Crippen molar-refractivity contribution in [1.82, 2.24) is 24.3 Å². The van der Waals surface area contributed by atoms with Crippen LogP contribution in [-0.4, -0.2) is 52.7 Å². The molecule has 5 rings (SSSR count). The summed E-state index contributed by atoms with van der Waals surface area (Å²) in [6, 6.07) is 8.39. The molecule has 0 bridgehead atoms. The normalized spacial score (nSPS) is 13.7. The van der Waals surface area contributed by atoms with Crippen LogP contribution in [0.15, 0.2) is 36.7 Å². The summed E-state index contributed by atoms with van der Waals surface area (Å²) in [6.45, 7) is 8.50. The van der Waals surface area contributed by atoms with Gasteiger partial charge < -0.3 is 18.8 Å². The SMILES string of the molecule is COc1ncccc1-c1c(-c2c(C(F)F)nn3c2OCCC3)n(COCC[Si](C)(C)C)c2ncccc12. The Hall–Kier alpha value is -3.31. The van der Waals surface area contributed by atoms with E-state index in [0.717, 1.165) is 11.4 Å². The van der Waals surface area contributed by atoms with Gasteiger partial charge in [-0.05, 0) is 30.3 Å². The summed E-state index contributed by atoms with van der Waals surface area (Å²) in [5, 5.41) is 5.04. The van der Waals surface area contributed by atoms with Gasteiger partial charge in [-0.3, -0.25) is 0 Å². The Balaban J connectivity index is 1.80. The van der Waals surface area contributed by atoms with Crippen molar-refractivity contribution in [3.63, 3.8) is 0 Å². The second-order valence-electron chi connectivity index (χ2n) is 10.2. The number of halogens is 2. The molecule has 4 aromatic rings. The van der Waals surface area contributed by atoms with Crippen LogP contribution in [0.25, 0.3) is 33.4 Å². The van der Waals surface area contributed by atoms with E-state index in [9.17, 15) is 8.78 Å². The molecule has 1 aliphatic rings. The average Bonchev–Trinajstić information content (AvgIpc) is 3.42. The predicted molar refractivity (Wildman–Crippen MR) is 140 cm³/mol.